The quantitative estimate of drug-likeness (QED) is 0.742. The molecule has 1 rings (SSSR count). The van der Waals surface area contributed by atoms with Crippen LogP contribution in [0.25, 0.3) is 0 Å². The number of nitriles is 1. The van der Waals surface area contributed by atoms with Crippen LogP contribution in [-0.2, 0) is 10.0 Å². The Labute approximate surface area is 125 Å². The van der Waals surface area contributed by atoms with Gasteiger partial charge < -0.3 is 4.90 Å². The molecule has 5 nitrogen and oxygen atoms in total. The zero-order valence-electron chi connectivity index (χ0n) is 12.3. The molecule has 0 spiro atoms. The van der Waals surface area contributed by atoms with Crippen molar-refractivity contribution >= 4 is 10.0 Å². The molecule has 1 aromatic carbocycles. The van der Waals surface area contributed by atoms with Gasteiger partial charge in [-0.25, -0.2) is 17.5 Å². The summed E-state index contributed by atoms with van der Waals surface area (Å²) in [4.78, 5) is 1.87. The molecule has 0 amide bonds. The van der Waals surface area contributed by atoms with Crippen molar-refractivity contribution in [2.24, 2.45) is 0 Å². The molecule has 1 N–H and O–H groups in total. The van der Waals surface area contributed by atoms with Gasteiger partial charge in [0.2, 0.25) is 10.0 Å². The predicted octanol–water partition coefficient (Wildman–Crippen LogP) is 1.71. The Morgan fingerprint density at radius 1 is 1.33 bits per heavy atom. The molecule has 0 bridgehead atoms. The average molecular weight is 313 g/mol. The van der Waals surface area contributed by atoms with E-state index in [9.17, 15) is 12.8 Å². The first-order valence-electron chi connectivity index (χ1n) is 6.86. The van der Waals surface area contributed by atoms with Gasteiger partial charge in [0.25, 0.3) is 0 Å². The van der Waals surface area contributed by atoms with Crippen molar-refractivity contribution in [2.45, 2.75) is 25.2 Å². The highest BCUT2D eigenvalue weighted by molar-refractivity contribution is 7.89. The highest BCUT2D eigenvalue weighted by Crippen LogP contribution is 2.17. The number of nitrogens with one attached hydrogen (secondary N) is 1. The molecule has 0 unspecified atom stereocenters. The second kappa shape index (κ2) is 8.08. The number of hydrogen-bond acceptors (Lipinski definition) is 4. The van der Waals surface area contributed by atoms with Gasteiger partial charge in [-0.2, -0.15) is 5.26 Å². The van der Waals surface area contributed by atoms with Crippen LogP contribution in [0.4, 0.5) is 4.39 Å². The van der Waals surface area contributed by atoms with Crippen LogP contribution in [0.3, 0.4) is 0 Å². The molecule has 0 saturated heterocycles. The summed E-state index contributed by atoms with van der Waals surface area (Å²) in [6.07, 6.45) is 0.651. The van der Waals surface area contributed by atoms with Gasteiger partial charge in [0.1, 0.15) is 22.3 Å². The topological polar surface area (TPSA) is 73.2 Å². The predicted molar refractivity (Wildman–Crippen MR) is 78.7 cm³/mol. The Morgan fingerprint density at radius 3 is 2.57 bits per heavy atom. The van der Waals surface area contributed by atoms with E-state index in [2.05, 4.69) is 9.62 Å². The van der Waals surface area contributed by atoms with E-state index in [0.29, 0.717) is 6.42 Å². The van der Waals surface area contributed by atoms with Crippen LogP contribution in [0.15, 0.2) is 23.1 Å². The van der Waals surface area contributed by atoms with E-state index < -0.39 is 21.4 Å². The van der Waals surface area contributed by atoms with Gasteiger partial charge in [-0.3, -0.25) is 0 Å². The summed E-state index contributed by atoms with van der Waals surface area (Å²) in [5.41, 5.74) is -0.450. The number of nitrogens with zero attached hydrogens (tertiary/aromatic N) is 2. The van der Waals surface area contributed by atoms with E-state index in [1.165, 1.54) is 12.1 Å². The van der Waals surface area contributed by atoms with Crippen LogP contribution in [0.2, 0.25) is 0 Å². The normalized spacial score (nSPS) is 11.6. The zero-order chi connectivity index (χ0) is 15.9. The smallest absolute Gasteiger partial charge is 0.241 e. The van der Waals surface area contributed by atoms with E-state index in [-0.39, 0.29) is 11.4 Å². The fourth-order valence-electron chi connectivity index (χ4n) is 1.96. The molecule has 0 atom stereocenters. The molecule has 7 heteroatoms. The highest BCUT2D eigenvalue weighted by atomic mass is 32.2. The summed E-state index contributed by atoms with van der Waals surface area (Å²) < 4.78 is 40.1. The lowest BCUT2D eigenvalue weighted by molar-refractivity contribution is 0.300. The Hall–Kier alpha value is -1.49. The lowest BCUT2D eigenvalue weighted by Crippen LogP contribution is -2.30. The maximum absolute atomic E-state index is 13.4. The van der Waals surface area contributed by atoms with Gasteiger partial charge in [-0.15, -0.1) is 0 Å². The van der Waals surface area contributed by atoms with Crippen LogP contribution < -0.4 is 4.72 Å². The van der Waals surface area contributed by atoms with Crippen LogP contribution in [0, 0.1) is 17.1 Å². The maximum atomic E-state index is 13.4. The van der Waals surface area contributed by atoms with Crippen LogP contribution >= 0.6 is 0 Å². The second-order valence-electron chi connectivity index (χ2n) is 4.50. The molecule has 0 aliphatic carbocycles. The molecule has 0 aromatic heterocycles. The molecule has 0 saturated carbocycles. The molecular formula is C14H20FN3O2S. The molecule has 0 fully saturated rings. The van der Waals surface area contributed by atoms with Gasteiger partial charge in [0.15, 0.2) is 0 Å². The summed E-state index contributed by atoms with van der Waals surface area (Å²) in [5, 5.41) is 8.88. The first-order valence-corrected chi connectivity index (χ1v) is 8.35. The number of hydrogen-bond donors (Lipinski definition) is 1. The molecule has 116 valence electrons. The standard InChI is InChI=1S/C14H20FN3O2S/c1-3-18(4-2)10-6-9-17-21(19,20)14-8-5-7-13(15)12(14)11-16/h5,7-8,17H,3-4,6,9-10H2,1-2H3. The van der Waals surface area contributed by atoms with E-state index in [1.54, 1.807) is 6.07 Å². The SMILES string of the molecule is CCN(CC)CCCNS(=O)(=O)c1cccc(F)c1C#N. The third kappa shape index (κ3) is 4.77. The molecule has 21 heavy (non-hydrogen) atoms. The summed E-state index contributed by atoms with van der Waals surface area (Å²) >= 11 is 0. The minimum atomic E-state index is -3.87. The van der Waals surface area contributed by atoms with Crippen molar-refractivity contribution in [1.82, 2.24) is 9.62 Å². The molecule has 0 heterocycles. The van der Waals surface area contributed by atoms with Crippen molar-refractivity contribution in [2.75, 3.05) is 26.2 Å². The molecular weight excluding hydrogens is 293 g/mol. The van der Waals surface area contributed by atoms with Crippen molar-refractivity contribution in [1.29, 1.82) is 5.26 Å². The molecule has 0 aliphatic heterocycles. The Morgan fingerprint density at radius 2 is 2.00 bits per heavy atom. The maximum Gasteiger partial charge on any atom is 0.241 e. The summed E-state index contributed by atoms with van der Waals surface area (Å²) in [6.45, 7) is 6.93. The number of rotatable bonds is 8. The van der Waals surface area contributed by atoms with Crippen molar-refractivity contribution in [3.05, 3.63) is 29.6 Å². The fourth-order valence-corrected chi connectivity index (χ4v) is 3.20. The minimum absolute atomic E-state index is 0.250. The summed E-state index contributed by atoms with van der Waals surface area (Å²) in [5.74, 6) is -0.830. The number of sulfonamides is 1. The van der Waals surface area contributed by atoms with Crippen LogP contribution in [0.1, 0.15) is 25.8 Å². The Kier molecular flexibility index (Phi) is 6.75. The zero-order valence-corrected chi connectivity index (χ0v) is 13.1. The van der Waals surface area contributed by atoms with Crippen molar-refractivity contribution < 1.29 is 12.8 Å². The second-order valence-corrected chi connectivity index (χ2v) is 6.24. The molecule has 1 aromatic rings. The van der Waals surface area contributed by atoms with E-state index >= 15 is 0 Å². The summed E-state index contributed by atoms with van der Waals surface area (Å²) in [7, 11) is -3.87. The monoisotopic (exact) mass is 313 g/mol. The fraction of sp³-hybridized carbons (Fsp3) is 0.500. The first kappa shape index (κ1) is 17.6. The van der Waals surface area contributed by atoms with Gasteiger partial charge in [0, 0.05) is 6.54 Å². The summed E-state index contributed by atoms with van der Waals surface area (Å²) in [6, 6.07) is 5.17. The largest absolute Gasteiger partial charge is 0.304 e. The van der Waals surface area contributed by atoms with E-state index in [4.69, 9.17) is 5.26 Å². The van der Waals surface area contributed by atoms with Gasteiger partial charge in [0.05, 0.1) is 0 Å². The first-order chi connectivity index (χ1) is 9.96. The average Bonchev–Trinajstić information content (AvgIpc) is 2.47. The van der Waals surface area contributed by atoms with Gasteiger partial charge >= 0.3 is 0 Å². The van der Waals surface area contributed by atoms with Crippen molar-refractivity contribution in [3.8, 4) is 6.07 Å². The minimum Gasteiger partial charge on any atom is -0.304 e. The third-order valence-electron chi connectivity index (χ3n) is 3.21. The number of halogens is 1. The lowest BCUT2D eigenvalue weighted by Gasteiger charge is -2.17. The Balaban J connectivity index is 2.71. The van der Waals surface area contributed by atoms with Gasteiger partial charge in [-0.1, -0.05) is 19.9 Å². The lowest BCUT2D eigenvalue weighted by atomic mass is 10.2. The number of benzene rings is 1. The van der Waals surface area contributed by atoms with Crippen LogP contribution in [-0.4, -0.2) is 39.5 Å². The van der Waals surface area contributed by atoms with Gasteiger partial charge in [-0.05, 0) is 38.2 Å². The van der Waals surface area contributed by atoms with Crippen molar-refractivity contribution in [3.63, 3.8) is 0 Å². The Bertz CT molecular complexity index is 607. The van der Waals surface area contributed by atoms with E-state index in [0.717, 1.165) is 25.7 Å². The third-order valence-corrected chi connectivity index (χ3v) is 4.72. The molecule has 0 radical (unpaired) electrons. The van der Waals surface area contributed by atoms with Crippen LogP contribution in [0.5, 0.6) is 0 Å². The van der Waals surface area contributed by atoms with E-state index in [1.807, 2.05) is 13.8 Å². The highest BCUT2D eigenvalue weighted by Gasteiger charge is 2.20. The molecule has 0 aliphatic rings.